The molecule has 0 aliphatic rings. The zero-order chi connectivity index (χ0) is 29.0. The van der Waals surface area contributed by atoms with Gasteiger partial charge in [0.25, 0.3) is 34.6 Å². The van der Waals surface area contributed by atoms with Gasteiger partial charge in [-0.05, 0) is 30.7 Å². The smallest absolute Gasteiger partial charge is 0.289 e. The third kappa shape index (κ3) is 5.88. The SMILES string of the molecule is COc1cc(NC(=O)c2ccc([N+](=O)[O-])cc2[N+](=O)[O-])c(C)cc1NC(=O)c1ccc([N+](=O)[O-])cc1[N+](=O)[O-]. The molecule has 0 unspecified atom stereocenters. The number of hydrogen-bond acceptors (Lipinski definition) is 11. The van der Waals surface area contributed by atoms with Crippen LogP contribution in [0.4, 0.5) is 34.1 Å². The number of nitro groups is 4. The number of hydrogen-bond donors (Lipinski definition) is 2. The van der Waals surface area contributed by atoms with Gasteiger partial charge in [0, 0.05) is 23.9 Å². The number of carbonyl (C=O) groups excluding carboxylic acids is 2. The van der Waals surface area contributed by atoms with Crippen LogP contribution in [0, 0.1) is 47.4 Å². The molecule has 17 nitrogen and oxygen atoms in total. The summed E-state index contributed by atoms with van der Waals surface area (Å²) in [5.74, 6) is -1.96. The van der Waals surface area contributed by atoms with Gasteiger partial charge in [-0.1, -0.05) is 0 Å². The molecule has 3 rings (SSSR count). The molecular weight excluding hydrogens is 524 g/mol. The molecule has 0 fully saturated rings. The predicted molar refractivity (Wildman–Crippen MR) is 133 cm³/mol. The Hall–Kier alpha value is -6.00. The lowest BCUT2D eigenvalue weighted by atomic mass is 10.1. The first-order chi connectivity index (χ1) is 18.3. The first kappa shape index (κ1) is 27.6. The van der Waals surface area contributed by atoms with E-state index in [1.165, 1.54) is 26.2 Å². The molecule has 39 heavy (non-hydrogen) atoms. The molecule has 0 saturated heterocycles. The van der Waals surface area contributed by atoms with Crippen molar-refractivity contribution in [3.8, 4) is 5.75 Å². The van der Waals surface area contributed by atoms with Crippen LogP contribution >= 0.6 is 0 Å². The fourth-order valence-electron chi connectivity index (χ4n) is 3.42. The zero-order valence-corrected chi connectivity index (χ0v) is 19.9. The van der Waals surface area contributed by atoms with E-state index in [0.717, 1.165) is 24.3 Å². The predicted octanol–water partition coefficient (Wildman–Crippen LogP) is 4.14. The summed E-state index contributed by atoms with van der Waals surface area (Å²) < 4.78 is 5.22. The highest BCUT2D eigenvalue weighted by atomic mass is 16.6. The van der Waals surface area contributed by atoms with Crippen molar-refractivity contribution in [1.82, 2.24) is 0 Å². The number of carbonyl (C=O) groups is 2. The lowest BCUT2D eigenvalue weighted by molar-refractivity contribution is -0.394. The third-order valence-corrected chi connectivity index (χ3v) is 5.31. The van der Waals surface area contributed by atoms with Gasteiger partial charge in [-0.3, -0.25) is 50.0 Å². The fourth-order valence-corrected chi connectivity index (χ4v) is 3.42. The second kappa shape index (κ2) is 10.9. The van der Waals surface area contributed by atoms with E-state index in [1.807, 2.05) is 0 Å². The molecule has 0 heterocycles. The summed E-state index contributed by atoms with van der Waals surface area (Å²) in [6.45, 7) is 1.50. The minimum absolute atomic E-state index is 0.0203. The van der Waals surface area contributed by atoms with Crippen LogP contribution in [0.15, 0.2) is 48.5 Å². The number of non-ortho nitro benzene ring substituents is 2. The minimum Gasteiger partial charge on any atom is -0.494 e. The van der Waals surface area contributed by atoms with E-state index < -0.39 is 65.4 Å². The maximum Gasteiger partial charge on any atom is 0.289 e. The van der Waals surface area contributed by atoms with Crippen molar-refractivity contribution in [3.63, 3.8) is 0 Å². The topological polar surface area (TPSA) is 240 Å². The molecule has 0 aromatic heterocycles. The van der Waals surface area contributed by atoms with Crippen molar-refractivity contribution < 1.29 is 34.0 Å². The molecule has 0 radical (unpaired) electrons. The lowest BCUT2D eigenvalue weighted by Crippen LogP contribution is -2.17. The normalized spacial score (nSPS) is 10.3. The number of ether oxygens (including phenoxy) is 1. The molecule has 17 heteroatoms. The zero-order valence-electron chi connectivity index (χ0n) is 19.9. The van der Waals surface area contributed by atoms with Crippen LogP contribution in [0.25, 0.3) is 0 Å². The quantitative estimate of drug-likeness (QED) is 0.288. The summed E-state index contributed by atoms with van der Waals surface area (Å²) in [5.41, 5.74) is -3.23. The largest absolute Gasteiger partial charge is 0.494 e. The Morgan fingerprint density at radius 2 is 1.10 bits per heavy atom. The second-order valence-electron chi connectivity index (χ2n) is 7.71. The van der Waals surface area contributed by atoms with E-state index in [1.54, 1.807) is 0 Å². The molecule has 0 atom stereocenters. The van der Waals surface area contributed by atoms with Crippen molar-refractivity contribution in [3.05, 3.63) is 106 Å². The molecule has 2 N–H and O–H groups in total. The van der Waals surface area contributed by atoms with Crippen LogP contribution in [0.3, 0.4) is 0 Å². The highest BCUT2D eigenvalue weighted by Gasteiger charge is 2.27. The van der Waals surface area contributed by atoms with E-state index in [-0.39, 0.29) is 17.1 Å². The number of rotatable bonds is 9. The maximum absolute atomic E-state index is 12.8. The molecule has 2 amide bonds. The van der Waals surface area contributed by atoms with Crippen LogP contribution in [0.2, 0.25) is 0 Å². The summed E-state index contributed by atoms with van der Waals surface area (Å²) in [7, 11) is 1.22. The molecule has 0 spiro atoms. The molecule has 0 aliphatic carbocycles. The summed E-state index contributed by atoms with van der Waals surface area (Å²) in [6, 6.07) is 7.64. The fraction of sp³-hybridized carbons (Fsp3) is 0.0909. The van der Waals surface area contributed by atoms with E-state index in [0.29, 0.717) is 17.7 Å². The van der Waals surface area contributed by atoms with Gasteiger partial charge in [-0.15, -0.1) is 0 Å². The van der Waals surface area contributed by atoms with Gasteiger partial charge in [0.1, 0.15) is 16.9 Å². The van der Waals surface area contributed by atoms with Gasteiger partial charge in [-0.2, -0.15) is 0 Å². The van der Waals surface area contributed by atoms with Crippen molar-refractivity contribution in [2.45, 2.75) is 6.92 Å². The molecule has 3 aromatic carbocycles. The monoisotopic (exact) mass is 540 g/mol. The first-order valence-electron chi connectivity index (χ1n) is 10.5. The third-order valence-electron chi connectivity index (χ3n) is 5.31. The van der Waals surface area contributed by atoms with E-state index in [2.05, 4.69) is 10.6 Å². The van der Waals surface area contributed by atoms with E-state index >= 15 is 0 Å². The number of anilines is 2. The molecule has 0 bridgehead atoms. The number of methoxy groups -OCH3 is 1. The number of amides is 2. The molecule has 3 aromatic rings. The van der Waals surface area contributed by atoms with Crippen molar-refractivity contribution in [1.29, 1.82) is 0 Å². The van der Waals surface area contributed by atoms with Gasteiger partial charge >= 0.3 is 0 Å². The highest BCUT2D eigenvalue weighted by molar-refractivity contribution is 6.09. The van der Waals surface area contributed by atoms with Gasteiger partial charge in [-0.25, -0.2) is 0 Å². The molecular formula is C22H16N6O11. The van der Waals surface area contributed by atoms with Gasteiger partial charge in [0.2, 0.25) is 0 Å². The number of aryl methyl sites for hydroxylation is 1. The average molecular weight is 540 g/mol. The Morgan fingerprint density at radius 1 is 0.667 bits per heavy atom. The Labute approximate surface area is 216 Å². The van der Waals surface area contributed by atoms with Crippen molar-refractivity contribution >= 4 is 45.9 Å². The number of benzene rings is 3. The Balaban J connectivity index is 1.93. The van der Waals surface area contributed by atoms with Crippen LogP contribution in [-0.2, 0) is 0 Å². The summed E-state index contributed by atoms with van der Waals surface area (Å²) in [4.78, 5) is 66.6. The molecule has 200 valence electrons. The minimum atomic E-state index is -0.979. The number of nitrogens with one attached hydrogen (secondary N) is 2. The van der Waals surface area contributed by atoms with Crippen LogP contribution in [-0.4, -0.2) is 38.6 Å². The van der Waals surface area contributed by atoms with Crippen LogP contribution < -0.4 is 15.4 Å². The Bertz CT molecular complexity index is 1570. The standard InChI is InChI=1S/C22H16N6O11/c1-11-7-17(24-22(30)15-6-4-13(26(33)34)9-19(15)28(37)38)20(39-2)10-16(11)23-21(29)14-5-3-12(25(31)32)8-18(14)27(35)36/h3-10H,1-2H3,(H,23,29)(H,24,30). The lowest BCUT2D eigenvalue weighted by Gasteiger charge is -2.15. The van der Waals surface area contributed by atoms with E-state index in [4.69, 9.17) is 4.74 Å². The van der Waals surface area contributed by atoms with Crippen molar-refractivity contribution in [2.24, 2.45) is 0 Å². The first-order valence-corrected chi connectivity index (χ1v) is 10.5. The van der Waals surface area contributed by atoms with E-state index in [9.17, 15) is 50.0 Å². The summed E-state index contributed by atoms with van der Waals surface area (Å²) >= 11 is 0. The van der Waals surface area contributed by atoms with Gasteiger partial charge in [0.05, 0.1) is 44.6 Å². The number of nitro benzene ring substituents is 4. The Kier molecular flexibility index (Phi) is 7.74. The molecule has 0 saturated carbocycles. The molecule has 0 aliphatic heterocycles. The Morgan fingerprint density at radius 3 is 1.49 bits per heavy atom. The second-order valence-corrected chi connectivity index (χ2v) is 7.71. The van der Waals surface area contributed by atoms with Crippen molar-refractivity contribution in [2.75, 3.05) is 17.7 Å². The number of nitrogens with zero attached hydrogens (tertiary/aromatic N) is 4. The highest BCUT2D eigenvalue weighted by Crippen LogP contribution is 2.34. The van der Waals surface area contributed by atoms with Gasteiger partial charge < -0.3 is 15.4 Å². The summed E-state index contributed by atoms with van der Waals surface area (Å²) in [5, 5.41) is 49.5. The summed E-state index contributed by atoms with van der Waals surface area (Å²) in [6.07, 6.45) is 0. The van der Waals surface area contributed by atoms with Gasteiger partial charge in [0.15, 0.2) is 0 Å². The van der Waals surface area contributed by atoms with Crippen LogP contribution in [0.5, 0.6) is 5.75 Å². The average Bonchev–Trinajstić information content (AvgIpc) is 2.88. The van der Waals surface area contributed by atoms with Crippen LogP contribution in [0.1, 0.15) is 26.3 Å². The maximum atomic E-state index is 12.8.